The van der Waals surface area contributed by atoms with Crippen LogP contribution in [0.15, 0.2) is 72.3 Å². The maximum atomic E-state index is 14.0. The summed E-state index contributed by atoms with van der Waals surface area (Å²) in [5, 5.41) is 11.1. The third-order valence-electron chi connectivity index (χ3n) is 5.31. The summed E-state index contributed by atoms with van der Waals surface area (Å²) in [5.41, 5.74) is 0.187. The molecule has 0 bridgehead atoms. The molecule has 1 N–H and O–H groups in total. The molecular weight excluding hydrogens is 447 g/mol. The number of hydrogen-bond acceptors (Lipinski definition) is 4. The third kappa shape index (κ3) is 4.26. The van der Waals surface area contributed by atoms with E-state index in [9.17, 15) is 27.9 Å². The van der Waals surface area contributed by atoms with Crippen LogP contribution in [-0.2, 0) is 9.59 Å². The van der Waals surface area contributed by atoms with Crippen LogP contribution in [0, 0.1) is 17.5 Å². The first kappa shape index (κ1) is 23.1. The third-order valence-corrected chi connectivity index (χ3v) is 5.31. The maximum Gasteiger partial charge on any atom is 0.300 e. The molecule has 1 unspecified atom stereocenters. The molecule has 0 saturated carbocycles. The highest BCUT2D eigenvalue weighted by molar-refractivity contribution is 6.51. The molecule has 3 aromatic carbocycles. The molecule has 5 nitrogen and oxygen atoms in total. The van der Waals surface area contributed by atoms with Crippen molar-refractivity contribution in [2.75, 3.05) is 4.90 Å². The van der Waals surface area contributed by atoms with Gasteiger partial charge in [-0.25, -0.2) is 13.2 Å². The lowest BCUT2D eigenvalue weighted by atomic mass is 9.95. The lowest BCUT2D eigenvalue weighted by Gasteiger charge is -2.25. The van der Waals surface area contributed by atoms with Crippen molar-refractivity contribution < 1.29 is 32.6 Å². The van der Waals surface area contributed by atoms with Crippen LogP contribution < -0.4 is 9.64 Å². The topological polar surface area (TPSA) is 66.8 Å². The number of ether oxygens (including phenoxy) is 1. The number of ketones is 1. The van der Waals surface area contributed by atoms with E-state index in [1.54, 1.807) is 12.1 Å². The first-order valence-corrected chi connectivity index (χ1v) is 10.5. The average molecular weight is 467 g/mol. The van der Waals surface area contributed by atoms with E-state index in [-0.39, 0.29) is 22.9 Å². The Morgan fingerprint density at radius 3 is 2.15 bits per heavy atom. The molecule has 0 spiro atoms. The van der Waals surface area contributed by atoms with Gasteiger partial charge in [-0.1, -0.05) is 12.1 Å². The number of nitrogens with zero attached hydrogens (tertiary/aromatic N) is 1. The van der Waals surface area contributed by atoms with Crippen LogP contribution in [0.1, 0.15) is 31.0 Å². The molecule has 34 heavy (non-hydrogen) atoms. The molecule has 1 aliphatic heterocycles. The lowest BCUT2D eigenvalue weighted by Crippen LogP contribution is -2.29. The van der Waals surface area contributed by atoms with Crippen LogP contribution in [0.5, 0.6) is 5.75 Å². The summed E-state index contributed by atoms with van der Waals surface area (Å²) in [4.78, 5) is 27.0. The van der Waals surface area contributed by atoms with E-state index in [1.165, 1.54) is 24.3 Å². The van der Waals surface area contributed by atoms with Crippen molar-refractivity contribution in [1.29, 1.82) is 0 Å². The van der Waals surface area contributed by atoms with Crippen molar-refractivity contribution in [3.8, 4) is 5.75 Å². The summed E-state index contributed by atoms with van der Waals surface area (Å²) >= 11 is 0. The summed E-state index contributed by atoms with van der Waals surface area (Å²) < 4.78 is 46.6. The number of amides is 1. The molecule has 3 aromatic rings. The molecule has 1 atom stereocenters. The highest BCUT2D eigenvalue weighted by atomic mass is 19.2. The van der Waals surface area contributed by atoms with Gasteiger partial charge in [0.25, 0.3) is 11.7 Å². The monoisotopic (exact) mass is 467 g/mol. The van der Waals surface area contributed by atoms with Gasteiger partial charge in [0.15, 0.2) is 11.6 Å². The number of Topliss-reactive ketones (excluding diaryl/α,β-unsaturated/α-hetero) is 1. The van der Waals surface area contributed by atoms with Gasteiger partial charge in [0.2, 0.25) is 0 Å². The minimum absolute atomic E-state index is 0.0700. The van der Waals surface area contributed by atoms with Crippen molar-refractivity contribution in [2.24, 2.45) is 0 Å². The van der Waals surface area contributed by atoms with Crippen molar-refractivity contribution in [3.05, 3.63) is 101 Å². The summed E-state index contributed by atoms with van der Waals surface area (Å²) in [7, 11) is 0. The number of halogens is 3. The van der Waals surface area contributed by atoms with Gasteiger partial charge >= 0.3 is 0 Å². The highest BCUT2D eigenvalue weighted by Crippen LogP contribution is 2.42. The maximum absolute atomic E-state index is 14.0. The van der Waals surface area contributed by atoms with Gasteiger partial charge in [-0.05, 0) is 67.9 Å². The Kier molecular flexibility index (Phi) is 6.15. The fourth-order valence-electron chi connectivity index (χ4n) is 3.81. The van der Waals surface area contributed by atoms with Crippen LogP contribution in [0.3, 0.4) is 0 Å². The number of benzene rings is 3. The first-order chi connectivity index (χ1) is 16.2. The fraction of sp³-hybridized carbons (Fsp3) is 0.154. The van der Waals surface area contributed by atoms with Gasteiger partial charge < -0.3 is 9.84 Å². The minimum atomic E-state index is -1.21. The standard InChI is InChI=1S/C26H20F3NO4/c1-14(2)34-19-10-5-16(6-11-19)24(31)22-23(15-3-7-17(27)8-4-15)30(26(33)25(22)32)18-9-12-20(28)21(29)13-18/h3-14,23,31H,1-2H3/b24-22+. The zero-order chi connectivity index (χ0) is 24.6. The van der Waals surface area contributed by atoms with Crippen LogP contribution >= 0.6 is 0 Å². The average Bonchev–Trinajstić information content (AvgIpc) is 3.06. The van der Waals surface area contributed by atoms with E-state index in [0.717, 1.165) is 35.2 Å². The minimum Gasteiger partial charge on any atom is -0.507 e. The Hall–Kier alpha value is -4.07. The number of rotatable bonds is 5. The predicted molar refractivity (Wildman–Crippen MR) is 120 cm³/mol. The van der Waals surface area contributed by atoms with Gasteiger partial charge in [0, 0.05) is 17.3 Å². The summed E-state index contributed by atoms with van der Waals surface area (Å²) in [6.07, 6.45) is -0.0700. The highest BCUT2D eigenvalue weighted by Gasteiger charge is 2.47. The van der Waals surface area contributed by atoms with E-state index in [4.69, 9.17) is 4.74 Å². The Morgan fingerprint density at radius 1 is 0.912 bits per heavy atom. The number of carbonyl (C=O) groups excluding carboxylic acids is 2. The van der Waals surface area contributed by atoms with Crippen molar-refractivity contribution in [3.63, 3.8) is 0 Å². The SMILES string of the molecule is CC(C)Oc1ccc(/C(O)=C2\C(=O)C(=O)N(c3ccc(F)c(F)c3)C2c2ccc(F)cc2)cc1. The van der Waals surface area contributed by atoms with Crippen LogP contribution in [-0.4, -0.2) is 22.9 Å². The van der Waals surface area contributed by atoms with E-state index < -0.39 is 40.9 Å². The van der Waals surface area contributed by atoms with Crippen LogP contribution in [0.4, 0.5) is 18.9 Å². The number of anilines is 1. The van der Waals surface area contributed by atoms with E-state index >= 15 is 0 Å². The zero-order valence-corrected chi connectivity index (χ0v) is 18.3. The van der Waals surface area contributed by atoms with Crippen molar-refractivity contribution in [1.82, 2.24) is 0 Å². The summed E-state index contributed by atoms with van der Waals surface area (Å²) in [6, 6.07) is 12.8. The molecule has 1 amide bonds. The summed E-state index contributed by atoms with van der Waals surface area (Å²) in [5.74, 6) is -4.85. The number of carbonyl (C=O) groups is 2. The van der Waals surface area contributed by atoms with Crippen molar-refractivity contribution >= 4 is 23.1 Å². The quantitative estimate of drug-likeness (QED) is 0.305. The van der Waals surface area contributed by atoms with Crippen LogP contribution in [0.2, 0.25) is 0 Å². The number of aliphatic hydroxyl groups excluding tert-OH is 1. The second-order valence-electron chi connectivity index (χ2n) is 8.01. The molecule has 174 valence electrons. The molecule has 8 heteroatoms. The van der Waals surface area contributed by atoms with Gasteiger partial charge in [0.1, 0.15) is 17.3 Å². The van der Waals surface area contributed by atoms with Gasteiger partial charge in [-0.3, -0.25) is 14.5 Å². The first-order valence-electron chi connectivity index (χ1n) is 10.5. The summed E-state index contributed by atoms with van der Waals surface area (Å²) in [6.45, 7) is 3.71. The Balaban J connectivity index is 1.87. The zero-order valence-electron chi connectivity index (χ0n) is 18.3. The molecule has 1 fully saturated rings. The molecule has 1 aliphatic rings. The second kappa shape index (κ2) is 9.05. The van der Waals surface area contributed by atoms with Gasteiger partial charge in [-0.15, -0.1) is 0 Å². The Bertz CT molecular complexity index is 1280. The van der Waals surface area contributed by atoms with Crippen molar-refractivity contribution in [2.45, 2.75) is 26.0 Å². The molecule has 4 rings (SSSR count). The van der Waals surface area contributed by atoms with E-state index in [1.807, 2.05) is 13.8 Å². The molecule has 0 radical (unpaired) electrons. The predicted octanol–water partition coefficient (Wildman–Crippen LogP) is 5.52. The Morgan fingerprint density at radius 2 is 1.56 bits per heavy atom. The molecular formula is C26H20F3NO4. The number of hydrogen-bond donors (Lipinski definition) is 1. The lowest BCUT2D eigenvalue weighted by molar-refractivity contribution is -0.132. The van der Waals surface area contributed by atoms with E-state index in [2.05, 4.69) is 0 Å². The fourth-order valence-corrected chi connectivity index (χ4v) is 3.81. The molecule has 0 aliphatic carbocycles. The smallest absolute Gasteiger partial charge is 0.300 e. The van der Waals surface area contributed by atoms with Crippen LogP contribution in [0.25, 0.3) is 5.76 Å². The number of aliphatic hydroxyl groups is 1. The Labute approximate surface area is 193 Å². The largest absolute Gasteiger partial charge is 0.507 e. The second-order valence-corrected chi connectivity index (χ2v) is 8.01. The molecule has 0 aromatic heterocycles. The molecule has 1 saturated heterocycles. The van der Waals surface area contributed by atoms with Gasteiger partial charge in [0.05, 0.1) is 17.7 Å². The normalized spacial score (nSPS) is 17.5. The van der Waals surface area contributed by atoms with Gasteiger partial charge in [-0.2, -0.15) is 0 Å². The molecule has 1 heterocycles. The van der Waals surface area contributed by atoms with E-state index in [0.29, 0.717) is 11.3 Å².